The minimum Gasteiger partial charge on any atom is -0.471 e. The van der Waals surface area contributed by atoms with E-state index in [-0.39, 0.29) is 33.6 Å². The van der Waals surface area contributed by atoms with E-state index in [9.17, 15) is 32.9 Å². The lowest BCUT2D eigenvalue weighted by Crippen LogP contribution is -2.25. The lowest BCUT2D eigenvalue weighted by molar-refractivity contribution is -0.386. The van der Waals surface area contributed by atoms with Crippen LogP contribution in [0.3, 0.4) is 0 Å². The molecular weight excluding hydrogens is 521 g/mol. The van der Waals surface area contributed by atoms with Crippen LogP contribution < -0.4 is 10.3 Å². The number of carbonyl (C=O) groups excluding carboxylic acids is 1. The molecule has 0 radical (unpaired) electrons. The van der Waals surface area contributed by atoms with Crippen molar-refractivity contribution in [2.75, 3.05) is 7.11 Å². The maximum atomic E-state index is 13.4. The molecule has 4 rings (SSSR count). The van der Waals surface area contributed by atoms with Crippen LogP contribution in [0, 0.1) is 10.1 Å². The zero-order chi connectivity index (χ0) is 28.3. The molecule has 1 heterocycles. The Kier molecular flexibility index (Phi) is 7.42. The molecule has 0 fully saturated rings. The number of aromatic nitrogens is 2. The van der Waals surface area contributed by atoms with Gasteiger partial charge in [0.1, 0.15) is 0 Å². The molecule has 13 heteroatoms. The Morgan fingerprint density at radius 3 is 2.54 bits per heavy atom. The van der Waals surface area contributed by atoms with Gasteiger partial charge in [0.15, 0.2) is 11.9 Å². The number of carbonyl (C=O) groups is 1. The van der Waals surface area contributed by atoms with Gasteiger partial charge in [0.05, 0.1) is 34.7 Å². The molecule has 4 aromatic rings. The largest absolute Gasteiger partial charge is 0.471 e. The van der Waals surface area contributed by atoms with Crippen LogP contribution in [0.2, 0.25) is 0 Å². The molecule has 1 atom stereocenters. The highest BCUT2D eigenvalue weighted by molar-refractivity contribution is 5.87. The monoisotopic (exact) mass is 540 g/mol. The number of nitrogens with zero attached hydrogens (tertiary/aromatic N) is 4. The minimum absolute atomic E-state index is 0.00926. The Balaban J connectivity index is 1.92. The van der Waals surface area contributed by atoms with Gasteiger partial charge in [-0.25, -0.2) is 9.78 Å². The van der Waals surface area contributed by atoms with Gasteiger partial charge in [-0.2, -0.15) is 22.9 Å². The maximum absolute atomic E-state index is 13.4. The normalized spacial score (nSPS) is 12.4. The number of fused-ring (bicyclic) bond motifs is 1. The van der Waals surface area contributed by atoms with Crippen LogP contribution in [-0.4, -0.2) is 40.0 Å². The number of hydrogen-bond donors (Lipinski definition) is 0. The quantitative estimate of drug-likeness (QED) is 0.142. The molecule has 0 bridgehead atoms. The highest BCUT2D eigenvalue weighted by atomic mass is 19.4. The molecule has 0 saturated carbocycles. The van der Waals surface area contributed by atoms with Crippen LogP contribution >= 0.6 is 0 Å². The molecule has 3 aromatic carbocycles. The molecule has 0 aliphatic carbocycles. The number of alkyl halides is 3. The summed E-state index contributed by atoms with van der Waals surface area (Å²) in [6.45, 7) is 1.33. The van der Waals surface area contributed by atoms with E-state index in [1.165, 1.54) is 43.3 Å². The van der Waals surface area contributed by atoms with Crippen LogP contribution in [0.15, 0.2) is 76.6 Å². The number of para-hydroxylation sites is 2. The molecule has 0 unspecified atom stereocenters. The molecular formula is C26H19F3N4O6. The Morgan fingerprint density at radius 1 is 1.13 bits per heavy atom. The Hall–Kier alpha value is -5.07. The fourth-order valence-corrected chi connectivity index (χ4v) is 3.68. The number of halogens is 3. The van der Waals surface area contributed by atoms with Crippen molar-refractivity contribution in [2.45, 2.75) is 19.2 Å². The van der Waals surface area contributed by atoms with Crippen LogP contribution in [-0.2, 0) is 15.7 Å². The summed E-state index contributed by atoms with van der Waals surface area (Å²) in [4.78, 5) is 40.5. The van der Waals surface area contributed by atoms with E-state index in [4.69, 9.17) is 4.74 Å². The van der Waals surface area contributed by atoms with Crippen molar-refractivity contribution in [3.8, 4) is 17.1 Å². The van der Waals surface area contributed by atoms with Gasteiger partial charge in [0.2, 0.25) is 5.75 Å². The van der Waals surface area contributed by atoms with Crippen molar-refractivity contribution >= 4 is 28.8 Å². The first-order valence-corrected chi connectivity index (χ1v) is 11.3. The van der Waals surface area contributed by atoms with E-state index in [0.29, 0.717) is 0 Å². The summed E-state index contributed by atoms with van der Waals surface area (Å²) >= 11 is 0. The third kappa shape index (κ3) is 5.61. The summed E-state index contributed by atoms with van der Waals surface area (Å²) in [6.07, 6.45) is -4.82. The number of rotatable bonds is 7. The standard InChI is InChI=1S/C26H19F3N4O6/c1-15(25(35)38-2)39-22-17(8-6-12-21(22)33(36)37)14-30-32-23(16-7-5-9-18(13-16)26(27,28)29)31-20-11-4-3-10-19(20)24(32)34/h3-15H,1-2H3/t15-/m1/s1. The van der Waals surface area contributed by atoms with Gasteiger partial charge in [0.25, 0.3) is 5.56 Å². The van der Waals surface area contributed by atoms with Gasteiger partial charge < -0.3 is 9.47 Å². The number of nitro groups is 1. The van der Waals surface area contributed by atoms with Gasteiger partial charge in [0, 0.05) is 17.2 Å². The molecule has 0 aliphatic rings. The van der Waals surface area contributed by atoms with E-state index in [1.54, 1.807) is 12.1 Å². The number of benzene rings is 3. The van der Waals surface area contributed by atoms with E-state index < -0.39 is 40.0 Å². The second-order valence-corrected chi connectivity index (χ2v) is 8.13. The average Bonchev–Trinajstić information content (AvgIpc) is 2.92. The molecule has 0 spiro atoms. The Bertz CT molecular complexity index is 1670. The van der Waals surface area contributed by atoms with Crippen LogP contribution in [0.4, 0.5) is 18.9 Å². The van der Waals surface area contributed by atoms with Crippen LogP contribution in [0.25, 0.3) is 22.3 Å². The summed E-state index contributed by atoms with van der Waals surface area (Å²) in [6, 6.07) is 14.3. The van der Waals surface area contributed by atoms with Crippen molar-refractivity contribution in [1.82, 2.24) is 9.66 Å². The van der Waals surface area contributed by atoms with E-state index in [0.717, 1.165) is 36.2 Å². The first kappa shape index (κ1) is 27.0. The molecule has 10 nitrogen and oxygen atoms in total. The SMILES string of the molecule is COC(=O)[C@@H](C)Oc1c(C=Nn2c(-c3cccc(C(F)(F)F)c3)nc3ccccc3c2=O)cccc1[N+](=O)[O-]. The molecule has 0 amide bonds. The predicted molar refractivity (Wildman–Crippen MR) is 135 cm³/mol. The summed E-state index contributed by atoms with van der Waals surface area (Å²) in [5.74, 6) is -1.32. The zero-order valence-electron chi connectivity index (χ0n) is 20.4. The van der Waals surface area contributed by atoms with Crippen LogP contribution in [0.1, 0.15) is 18.1 Å². The lowest BCUT2D eigenvalue weighted by Gasteiger charge is -2.14. The fraction of sp³-hybridized carbons (Fsp3) is 0.154. The maximum Gasteiger partial charge on any atom is 0.416 e. The summed E-state index contributed by atoms with van der Waals surface area (Å²) in [5, 5.41) is 15.9. The van der Waals surface area contributed by atoms with Crippen molar-refractivity contribution in [2.24, 2.45) is 5.10 Å². The number of hydrogen-bond acceptors (Lipinski definition) is 8. The summed E-state index contributed by atoms with van der Waals surface area (Å²) in [7, 11) is 1.12. The zero-order valence-corrected chi connectivity index (χ0v) is 20.4. The first-order valence-electron chi connectivity index (χ1n) is 11.3. The van der Waals surface area contributed by atoms with E-state index >= 15 is 0 Å². The van der Waals surface area contributed by atoms with E-state index in [2.05, 4.69) is 14.8 Å². The average molecular weight is 540 g/mol. The number of methoxy groups -OCH3 is 1. The molecule has 1 aromatic heterocycles. The minimum atomic E-state index is -4.65. The number of nitro benzene ring substituents is 1. The first-order chi connectivity index (χ1) is 18.5. The summed E-state index contributed by atoms with van der Waals surface area (Å²) < 4.78 is 51.1. The third-order valence-corrected chi connectivity index (χ3v) is 5.56. The second-order valence-electron chi connectivity index (χ2n) is 8.13. The van der Waals surface area contributed by atoms with Crippen molar-refractivity contribution in [3.63, 3.8) is 0 Å². The van der Waals surface area contributed by atoms with E-state index in [1.807, 2.05) is 0 Å². The lowest BCUT2D eigenvalue weighted by atomic mass is 10.1. The predicted octanol–water partition coefficient (Wildman–Crippen LogP) is 4.81. The topological polar surface area (TPSA) is 126 Å². The van der Waals surface area contributed by atoms with Gasteiger partial charge in [-0.05, 0) is 37.3 Å². The second kappa shape index (κ2) is 10.7. The highest BCUT2D eigenvalue weighted by Crippen LogP contribution is 2.33. The molecule has 200 valence electrons. The Labute approximate surface area is 218 Å². The molecule has 0 aliphatic heterocycles. The summed E-state index contributed by atoms with van der Waals surface area (Å²) in [5.41, 5.74) is -1.94. The fourth-order valence-electron chi connectivity index (χ4n) is 3.68. The third-order valence-electron chi connectivity index (χ3n) is 5.56. The smallest absolute Gasteiger partial charge is 0.416 e. The van der Waals surface area contributed by atoms with Crippen molar-refractivity contribution < 1.29 is 32.4 Å². The molecule has 39 heavy (non-hydrogen) atoms. The number of esters is 1. The Morgan fingerprint density at radius 2 is 1.85 bits per heavy atom. The van der Waals surface area contributed by atoms with Gasteiger partial charge in [-0.15, -0.1) is 0 Å². The van der Waals surface area contributed by atoms with Crippen molar-refractivity contribution in [3.05, 3.63) is 98.3 Å². The molecule has 0 N–H and O–H groups in total. The van der Waals surface area contributed by atoms with Crippen molar-refractivity contribution in [1.29, 1.82) is 0 Å². The van der Waals surface area contributed by atoms with Gasteiger partial charge in [-0.3, -0.25) is 14.9 Å². The van der Waals surface area contributed by atoms with Gasteiger partial charge in [-0.1, -0.05) is 30.3 Å². The van der Waals surface area contributed by atoms with Crippen LogP contribution in [0.5, 0.6) is 5.75 Å². The highest BCUT2D eigenvalue weighted by Gasteiger charge is 2.31. The molecule has 0 saturated heterocycles. The number of ether oxygens (including phenoxy) is 2. The van der Waals surface area contributed by atoms with Gasteiger partial charge >= 0.3 is 17.8 Å².